The molecule has 19 heavy (non-hydrogen) atoms. The molecule has 1 heterocycles. The fourth-order valence-electron chi connectivity index (χ4n) is 1.55. The van der Waals surface area contributed by atoms with E-state index in [1.54, 1.807) is 19.1 Å². The molecule has 0 aliphatic heterocycles. The lowest BCUT2D eigenvalue weighted by Gasteiger charge is -2.06. The van der Waals surface area contributed by atoms with Gasteiger partial charge in [0.05, 0.1) is 4.92 Å². The molecule has 0 aliphatic rings. The summed E-state index contributed by atoms with van der Waals surface area (Å²) in [7, 11) is 0. The van der Waals surface area contributed by atoms with Gasteiger partial charge >= 0.3 is 6.09 Å². The molecule has 0 amide bonds. The van der Waals surface area contributed by atoms with Crippen LogP contribution >= 0.6 is 0 Å². The van der Waals surface area contributed by atoms with Crippen LogP contribution in [0.5, 0.6) is 0 Å². The largest absolute Gasteiger partial charge is 0.444 e. The van der Waals surface area contributed by atoms with Crippen molar-refractivity contribution >= 4 is 11.8 Å². The summed E-state index contributed by atoms with van der Waals surface area (Å²) in [5.74, 6) is 0.518. The first-order valence-corrected chi connectivity index (χ1v) is 5.48. The number of benzene rings is 1. The maximum atomic E-state index is 11.7. The van der Waals surface area contributed by atoms with Crippen LogP contribution < -0.4 is 0 Å². The van der Waals surface area contributed by atoms with Crippen molar-refractivity contribution in [1.29, 1.82) is 0 Å². The average Bonchev–Trinajstić information content (AvgIpc) is 2.82. The molecule has 0 N–H and O–H groups in total. The van der Waals surface area contributed by atoms with Gasteiger partial charge in [0.15, 0.2) is 0 Å². The number of non-ortho nitro benzene ring substituents is 1. The standard InChI is InChI=1S/C12H11N3O4/c1-9-13-5-6-14(9)12(16)19-8-10-3-2-4-11(7-10)15(17)18/h2-7H,8H2,1H3. The lowest BCUT2D eigenvalue weighted by atomic mass is 10.2. The van der Waals surface area contributed by atoms with E-state index in [2.05, 4.69) is 4.98 Å². The molecule has 0 atom stereocenters. The van der Waals surface area contributed by atoms with Crippen molar-refractivity contribution in [1.82, 2.24) is 9.55 Å². The van der Waals surface area contributed by atoms with E-state index in [-0.39, 0.29) is 12.3 Å². The van der Waals surface area contributed by atoms with Crippen molar-refractivity contribution < 1.29 is 14.5 Å². The number of nitro benzene ring substituents is 1. The Morgan fingerprint density at radius 3 is 2.95 bits per heavy atom. The van der Waals surface area contributed by atoms with Crippen molar-refractivity contribution in [2.75, 3.05) is 0 Å². The summed E-state index contributed by atoms with van der Waals surface area (Å²) in [6.07, 6.45) is 2.41. The molecule has 0 bridgehead atoms. The van der Waals surface area contributed by atoms with Gasteiger partial charge in [0.2, 0.25) is 0 Å². The van der Waals surface area contributed by atoms with E-state index < -0.39 is 11.0 Å². The summed E-state index contributed by atoms with van der Waals surface area (Å²) in [5.41, 5.74) is 0.521. The summed E-state index contributed by atoms with van der Waals surface area (Å²) in [5, 5.41) is 10.6. The first-order valence-electron chi connectivity index (χ1n) is 5.48. The summed E-state index contributed by atoms with van der Waals surface area (Å²) >= 11 is 0. The number of aromatic nitrogens is 2. The van der Waals surface area contributed by atoms with Gasteiger partial charge in [0.1, 0.15) is 12.4 Å². The zero-order valence-corrected chi connectivity index (χ0v) is 10.1. The number of nitro groups is 1. The minimum Gasteiger partial charge on any atom is -0.444 e. The first kappa shape index (κ1) is 12.7. The second-order valence-electron chi connectivity index (χ2n) is 3.83. The molecule has 0 radical (unpaired) electrons. The molecular weight excluding hydrogens is 250 g/mol. The molecule has 1 aromatic heterocycles. The number of carbonyl (C=O) groups excluding carboxylic acids is 1. The highest BCUT2D eigenvalue weighted by molar-refractivity contribution is 5.70. The highest BCUT2D eigenvalue weighted by Gasteiger charge is 2.10. The molecule has 98 valence electrons. The van der Waals surface area contributed by atoms with Gasteiger partial charge in [-0.1, -0.05) is 12.1 Å². The number of hydrogen-bond donors (Lipinski definition) is 0. The zero-order valence-electron chi connectivity index (χ0n) is 10.1. The molecule has 0 saturated carbocycles. The minimum atomic E-state index is -0.568. The average molecular weight is 261 g/mol. The summed E-state index contributed by atoms with van der Waals surface area (Å²) in [4.78, 5) is 25.7. The second kappa shape index (κ2) is 5.30. The van der Waals surface area contributed by atoms with E-state index in [1.165, 1.54) is 29.1 Å². The predicted octanol–water partition coefficient (Wildman–Crippen LogP) is 2.28. The molecule has 7 heteroatoms. The van der Waals surface area contributed by atoms with E-state index >= 15 is 0 Å². The molecule has 0 fully saturated rings. The molecule has 2 aromatic rings. The van der Waals surface area contributed by atoms with Crippen molar-refractivity contribution in [3.05, 3.63) is 58.2 Å². The Bertz CT molecular complexity index is 621. The molecule has 0 unspecified atom stereocenters. The van der Waals surface area contributed by atoms with E-state index in [1.807, 2.05) is 0 Å². The van der Waals surface area contributed by atoms with Crippen LogP contribution in [0.15, 0.2) is 36.7 Å². The monoisotopic (exact) mass is 261 g/mol. The van der Waals surface area contributed by atoms with Crippen molar-refractivity contribution in [2.45, 2.75) is 13.5 Å². The first-order chi connectivity index (χ1) is 9.08. The smallest absolute Gasteiger partial charge is 0.419 e. The number of ether oxygens (including phenoxy) is 1. The predicted molar refractivity (Wildman–Crippen MR) is 65.6 cm³/mol. The van der Waals surface area contributed by atoms with E-state index in [0.29, 0.717) is 11.4 Å². The van der Waals surface area contributed by atoms with Crippen molar-refractivity contribution in [2.24, 2.45) is 0 Å². The Balaban J connectivity index is 2.03. The van der Waals surface area contributed by atoms with Gasteiger partial charge in [-0.2, -0.15) is 0 Å². The van der Waals surface area contributed by atoms with Gasteiger partial charge in [-0.05, 0) is 12.5 Å². The number of carbonyl (C=O) groups is 1. The van der Waals surface area contributed by atoms with Gasteiger partial charge in [-0.25, -0.2) is 14.3 Å². The molecule has 2 rings (SSSR count). The number of hydrogen-bond acceptors (Lipinski definition) is 5. The summed E-state index contributed by atoms with van der Waals surface area (Å²) in [6, 6.07) is 5.95. The Morgan fingerprint density at radius 1 is 1.53 bits per heavy atom. The Morgan fingerprint density at radius 2 is 2.32 bits per heavy atom. The normalized spacial score (nSPS) is 10.2. The van der Waals surface area contributed by atoms with Crippen LogP contribution in [0.25, 0.3) is 0 Å². The highest BCUT2D eigenvalue weighted by atomic mass is 16.6. The van der Waals surface area contributed by atoms with Crippen molar-refractivity contribution in [3.63, 3.8) is 0 Å². The third-order valence-electron chi connectivity index (χ3n) is 2.51. The molecule has 1 aromatic carbocycles. The minimum absolute atomic E-state index is 0.0296. The SMILES string of the molecule is Cc1nccn1C(=O)OCc1cccc([N+](=O)[O-])c1. The molecule has 0 saturated heterocycles. The number of nitrogens with zero attached hydrogens (tertiary/aromatic N) is 3. The van der Waals surface area contributed by atoms with Crippen molar-refractivity contribution in [3.8, 4) is 0 Å². The number of imidazole rings is 1. The van der Waals surface area contributed by atoms with Crippen LogP contribution in [-0.4, -0.2) is 20.6 Å². The van der Waals surface area contributed by atoms with Crippen LogP contribution in [0.4, 0.5) is 10.5 Å². The third-order valence-corrected chi connectivity index (χ3v) is 2.51. The van der Waals surface area contributed by atoms with E-state index in [9.17, 15) is 14.9 Å². The fourth-order valence-corrected chi connectivity index (χ4v) is 1.55. The highest BCUT2D eigenvalue weighted by Crippen LogP contribution is 2.14. The van der Waals surface area contributed by atoms with E-state index in [0.717, 1.165) is 0 Å². The van der Waals surface area contributed by atoms with Crippen LogP contribution in [0.3, 0.4) is 0 Å². The lowest BCUT2D eigenvalue weighted by molar-refractivity contribution is -0.384. The van der Waals surface area contributed by atoms with Gasteiger partial charge in [0.25, 0.3) is 5.69 Å². The Labute approximate surface area is 108 Å². The summed E-state index contributed by atoms with van der Waals surface area (Å²) < 4.78 is 6.31. The van der Waals surface area contributed by atoms with Crippen LogP contribution in [0.1, 0.15) is 11.4 Å². The quantitative estimate of drug-likeness (QED) is 0.624. The third kappa shape index (κ3) is 2.95. The molecule has 0 aliphatic carbocycles. The Hall–Kier alpha value is -2.70. The number of aryl methyl sites for hydroxylation is 1. The second-order valence-corrected chi connectivity index (χ2v) is 3.83. The van der Waals surface area contributed by atoms with Crippen LogP contribution in [0, 0.1) is 17.0 Å². The lowest BCUT2D eigenvalue weighted by Crippen LogP contribution is -2.14. The van der Waals surface area contributed by atoms with Gasteiger partial charge in [-0.3, -0.25) is 10.1 Å². The molecular formula is C12H11N3O4. The molecule has 0 spiro atoms. The van der Waals surface area contributed by atoms with Gasteiger partial charge in [-0.15, -0.1) is 0 Å². The van der Waals surface area contributed by atoms with Crippen LogP contribution in [-0.2, 0) is 11.3 Å². The van der Waals surface area contributed by atoms with Gasteiger partial charge < -0.3 is 4.74 Å². The van der Waals surface area contributed by atoms with Gasteiger partial charge in [0, 0.05) is 24.5 Å². The number of rotatable bonds is 3. The Kier molecular flexibility index (Phi) is 3.56. The topological polar surface area (TPSA) is 87.3 Å². The van der Waals surface area contributed by atoms with Crippen LogP contribution in [0.2, 0.25) is 0 Å². The molecule has 7 nitrogen and oxygen atoms in total. The summed E-state index contributed by atoms with van der Waals surface area (Å²) in [6.45, 7) is 1.65. The fraction of sp³-hybridized carbons (Fsp3) is 0.167. The maximum Gasteiger partial charge on any atom is 0.419 e. The maximum absolute atomic E-state index is 11.7. The van der Waals surface area contributed by atoms with E-state index in [4.69, 9.17) is 4.74 Å². The zero-order chi connectivity index (χ0) is 13.8.